The Morgan fingerprint density at radius 2 is 1.21 bits per heavy atom. The van der Waals surface area contributed by atoms with E-state index in [0.29, 0.717) is 0 Å². The molecule has 0 unspecified atom stereocenters. The van der Waals surface area contributed by atoms with Crippen molar-refractivity contribution in [3.63, 3.8) is 0 Å². The molecule has 4 heterocycles. The Hall–Kier alpha value is -2.88. The SMILES string of the molecule is CN1CCn2c(nc(-c3ccc(F)cc3)c2Br)C1(C)C.CN1CCn2cc(-c3ccc(F)cc3)nc2C1(C)C. The first-order valence-electron chi connectivity index (χ1n) is 13.2. The zero-order chi connectivity index (χ0) is 28.1. The molecule has 0 N–H and O–H groups in total. The van der Waals surface area contributed by atoms with E-state index in [2.05, 4.69) is 82.9 Å². The zero-order valence-corrected chi connectivity index (χ0v) is 24.9. The number of likely N-dealkylation sites (N-methyl/N-ethyl adjacent to an activating group) is 2. The van der Waals surface area contributed by atoms with Crippen LogP contribution in [0.15, 0.2) is 59.3 Å². The molecule has 2 aliphatic rings. The monoisotopic (exact) mass is 596 g/mol. The van der Waals surface area contributed by atoms with Crippen LogP contribution < -0.4 is 0 Å². The van der Waals surface area contributed by atoms with Crippen molar-refractivity contribution in [2.75, 3.05) is 27.2 Å². The molecule has 0 saturated carbocycles. The summed E-state index contributed by atoms with van der Waals surface area (Å²) in [5.74, 6) is 1.67. The minimum Gasteiger partial charge on any atom is -0.331 e. The molecule has 39 heavy (non-hydrogen) atoms. The van der Waals surface area contributed by atoms with Gasteiger partial charge in [0.1, 0.15) is 33.6 Å². The highest BCUT2D eigenvalue weighted by Crippen LogP contribution is 2.37. The second kappa shape index (κ2) is 10.3. The molecule has 0 aliphatic carbocycles. The first-order valence-corrected chi connectivity index (χ1v) is 14.0. The van der Waals surface area contributed by atoms with Crippen molar-refractivity contribution in [3.8, 4) is 22.5 Å². The van der Waals surface area contributed by atoms with Crippen molar-refractivity contribution in [3.05, 3.63) is 82.6 Å². The van der Waals surface area contributed by atoms with Crippen molar-refractivity contribution in [1.29, 1.82) is 0 Å². The van der Waals surface area contributed by atoms with Crippen LogP contribution in [0.4, 0.5) is 8.78 Å². The lowest BCUT2D eigenvalue weighted by Crippen LogP contribution is -2.46. The van der Waals surface area contributed by atoms with E-state index in [1.54, 1.807) is 24.3 Å². The second-order valence-electron chi connectivity index (χ2n) is 11.3. The Labute approximate surface area is 237 Å². The quantitative estimate of drug-likeness (QED) is 0.265. The first kappa shape index (κ1) is 27.7. The third-order valence-electron chi connectivity index (χ3n) is 8.28. The molecule has 0 bridgehead atoms. The van der Waals surface area contributed by atoms with E-state index < -0.39 is 0 Å². The molecule has 2 aromatic carbocycles. The van der Waals surface area contributed by atoms with Gasteiger partial charge in [0.25, 0.3) is 0 Å². The molecule has 2 aliphatic heterocycles. The second-order valence-corrected chi connectivity index (χ2v) is 12.1. The largest absolute Gasteiger partial charge is 0.331 e. The highest BCUT2D eigenvalue weighted by molar-refractivity contribution is 9.10. The average molecular weight is 598 g/mol. The van der Waals surface area contributed by atoms with Gasteiger partial charge in [-0.2, -0.15) is 0 Å². The van der Waals surface area contributed by atoms with E-state index in [0.717, 1.165) is 64.9 Å². The van der Waals surface area contributed by atoms with Crippen LogP contribution in [0.2, 0.25) is 0 Å². The van der Waals surface area contributed by atoms with Gasteiger partial charge in [-0.05, 0) is 106 Å². The maximum Gasteiger partial charge on any atom is 0.130 e. The maximum atomic E-state index is 13.1. The molecule has 0 saturated heterocycles. The summed E-state index contributed by atoms with van der Waals surface area (Å²) < 4.78 is 31.4. The summed E-state index contributed by atoms with van der Waals surface area (Å²) in [5, 5.41) is 0. The van der Waals surface area contributed by atoms with Crippen LogP contribution in [-0.2, 0) is 24.2 Å². The van der Waals surface area contributed by atoms with Crippen molar-refractivity contribution >= 4 is 15.9 Å². The topological polar surface area (TPSA) is 42.1 Å². The Kier molecular flexibility index (Phi) is 7.28. The van der Waals surface area contributed by atoms with Crippen molar-refractivity contribution < 1.29 is 8.78 Å². The van der Waals surface area contributed by atoms with Gasteiger partial charge in [-0.1, -0.05) is 0 Å². The Bertz CT molecular complexity index is 1470. The molecule has 0 radical (unpaired) electrons. The Morgan fingerprint density at radius 1 is 0.692 bits per heavy atom. The molecule has 0 atom stereocenters. The van der Waals surface area contributed by atoms with Crippen LogP contribution in [0.1, 0.15) is 39.3 Å². The minimum absolute atomic E-state index is 0.0729. The van der Waals surface area contributed by atoms with E-state index >= 15 is 0 Å². The van der Waals surface area contributed by atoms with Gasteiger partial charge < -0.3 is 9.13 Å². The van der Waals surface area contributed by atoms with Crippen molar-refractivity contribution in [2.24, 2.45) is 0 Å². The average Bonchev–Trinajstić information content (AvgIpc) is 3.49. The number of fused-ring (bicyclic) bond motifs is 2. The highest BCUT2D eigenvalue weighted by atomic mass is 79.9. The van der Waals surface area contributed by atoms with E-state index in [4.69, 9.17) is 9.97 Å². The molecule has 0 amide bonds. The van der Waals surface area contributed by atoms with Crippen LogP contribution in [-0.4, -0.2) is 56.1 Å². The van der Waals surface area contributed by atoms with Crippen LogP contribution in [0, 0.1) is 11.6 Å². The van der Waals surface area contributed by atoms with Crippen molar-refractivity contribution in [1.82, 2.24) is 28.9 Å². The summed E-state index contributed by atoms with van der Waals surface area (Å²) in [6, 6.07) is 13.0. The number of rotatable bonds is 2. The highest BCUT2D eigenvalue weighted by Gasteiger charge is 2.37. The van der Waals surface area contributed by atoms with Gasteiger partial charge in [-0.25, -0.2) is 18.7 Å². The molecule has 2 aromatic heterocycles. The van der Waals surface area contributed by atoms with Gasteiger partial charge in [0, 0.05) is 43.5 Å². The smallest absolute Gasteiger partial charge is 0.130 e. The van der Waals surface area contributed by atoms with E-state index in [-0.39, 0.29) is 22.7 Å². The molecule has 206 valence electrons. The van der Waals surface area contributed by atoms with Gasteiger partial charge >= 0.3 is 0 Å². The number of imidazole rings is 2. The standard InChI is InChI=1S/C15H17BrFN3.C15H18FN3/c1-15(2)14-18-12(10-4-6-11(17)7-5-10)13(16)20(14)9-8-19(15)3;1-15(2)14-17-13(10-19(14)9-8-18(15)3)11-4-6-12(16)7-5-11/h4-7H,8-9H2,1-3H3;4-7,10H,8-9H2,1-3H3. The molecule has 0 fully saturated rings. The molecular weight excluding hydrogens is 562 g/mol. The summed E-state index contributed by atoms with van der Waals surface area (Å²) >= 11 is 3.65. The lowest BCUT2D eigenvalue weighted by Gasteiger charge is -2.39. The van der Waals surface area contributed by atoms with Crippen LogP contribution in [0.5, 0.6) is 0 Å². The molecule has 0 spiro atoms. The molecule has 6 rings (SSSR count). The predicted molar refractivity (Wildman–Crippen MR) is 154 cm³/mol. The molecular formula is C30H35BrF2N6. The van der Waals surface area contributed by atoms with Crippen LogP contribution in [0.3, 0.4) is 0 Å². The number of nitrogens with zero attached hydrogens (tertiary/aromatic N) is 6. The molecule has 9 heteroatoms. The fraction of sp³-hybridized carbons (Fsp3) is 0.400. The Morgan fingerprint density at radius 3 is 1.79 bits per heavy atom. The van der Waals surface area contributed by atoms with E-state index in [1.165, 1.54) is 24.3 Å². The lowest BCUT2D eigenvalue weighted by molar-refractivity contribution is 0.109. The van der Waals surface area contributed by atoms with Crippen LogP contribution in [0.25, 0.3) is 22.5 Å². The molecule has 4 aromatic rings. The lowest BCUT2D eigenvalue weighted by atomic mass is 10.0. The van der Waals surface area contributed by atoms with Gasteiger partial charge in [0.2, 0.25) is 0 Å². The number of hydrogen-bond acceptors (Lipinski definition) is 4. The summed E-state index contributed by atoms with van der Waals surface area (Å²) in [6.07, 6.45) is 2.07. The van der Waals surface area contributed by atoms with E-state index in [9.17, 15) is 8.78 Å². The predicted octanol–water partition coefficient (Wildman–Crippen LogP) is 6.50. The summed E-state index contributed by atoms with van der Waals surface area (Å²) in [4.78, 5) is 14.2. The third kappa shape index (κ3) is 5.08. The van der Waals surface area contributed by atoms with Crippen molar-refractivity contribution in [2.45, 2.75) is 51.9 Å². The number of benzene rings is 2. The normalized spacial score (nSPS) is 18.2. The third-order valence-corrected chi connectivity index (χ3v) is 9.08. The van der Waals surface area contributed by atoms with E-state index in [1.807, 2.05) is 0 Å². The number of aromatic nitrogens is 4. The summed E-state index contributed by atoms with van der Waals surface area (Å²) in [6.45, 7) is 12.6. The summed E-state index contributed by atoms with van der Waals surface area (Å²) in [5.41, 5.74) is 3.50. The van der Waals surface area contributed by atoms with Gasteiger partial charge in [-0.3, -0.25) is 9.80 Å². The summed E-state index contributed by atoms with van der Waals surface area (Å²) in [7, 11) is 4.24. The van der Waals surface area contributed by atoms with Gasteiger partial charge in [0.15, 0.2) is 0 Å². The fourth-order valence-corrected chi connectivity index (χ4v) is 5.80. The Balaban J connectivity index is 0.000000158. The van der Waals surface area contributed by atoms with Gasteiger partial charge in [0.05, 0.1) is 16.8 Å². The zero-order valence-electron chi connectivity index (χ0n) is 23.3. The van der Waals surface area contributed by atoms with Gasteiger partial charge in [-0.15, -0.1) is 0 Å². The first-order chi connectivity index (χ1) is 18.4. The van der Waals surface area contributed by atoms with Crippen LogP contribution >= 0.6 is 15.9 Å². The molecule has 6 nitrogen and oxygen atoms in total. The number of halogens is 3. The minimum atomic E-state index is -0.228. The number of hydrogen-bond donors (Lipinski definition) is 0. The fourth-order valence-electron chi connectivity index (χ4n) is 5.14. The maximum absolute atomic E-state index is 13.1.